The Morgan fingerprint density at radius 2 is 2.05 bits per heavy atom. The van der Waals surface area contributed by atoms with E-state index in [4.69, 9.17) is 5.73 Å². The van der Waals surface area contributed by atoms with Crippen LogP contribution in [-0.2, 0) is 10.0 Å². The molecule has 0 aliphatic rings. The molecule has 108 valence electrons. The van der Waals surface area contributed by atoms with Crippen molar-refractivity contribution in [2.45, 2.75) is 17.9 Å². The van der Waals surface area contributed by atoms with Gasteiger partial charge in [-0.05, 0) is 36.6 Å². The molecule has 4 nitrogen and oxygen atoms in total. The third kappa shape index (κ3) is 2.70. The highest BCUT2D eigenvalue weighted by atomic mass is 32.2. The van der Waals surface area contributed by atoms with E-state index in [0.29, 0.717) is 0 Å². The molecule has 1 aromatic heterocycles. The van der Waals surface area contributed by atoms with Gasteiger partial charge in [-0.15, -0.1) is 11.3 Å². The molecule has 1 atom stereocenters. The molecule has 0 fully saturated rings. The number of rotatable bonds is 4. The van der Waals surface area contributed by atoms with E-state index in [1.165, 1.54) is 28.8 Å². The standard InChI is InChI=1S/C13H15FN2O2S2/c1-9(12-4-3-7-19-12)16(2)20(17,18)13-6-5-10(14)8-11(13)15/h3-9H,15H2,1-2H3. The summed E-state index contributed by atoms with van der Waals surface area (Å²) in [4.78, 5) is 0.849. The summed E-state index contributed by atoms with van der Waals surface area (Å²) in [5.41, 5.74) is 5.53. The Balaban J connectivity index is 2.39. The van der Waals surface area contributed by atoms with Gasteiger partial charge >= 0.3 is 0 Å². The number of nitrogens with zero attached hydrogens (tertiary/aromatic N) is 1. The molecule has 1 heterocycles. The van der Waals surface area contributed by atoms with Gasteiger partial charge in [0.15, 0.2) is 0 Å². The summed E-state index contributed by atoms with van der Waals surface area (Å²) in [5.74, 6) is -0.560. The Morgan fingerprint density at radius 1 is 1.35 bits per heavy atom. The molecule has 2 aromatic rings. The van der Waals surface area contributed by atoms with Crippen molar-refractivity contribution in [2.75, 3.05) is 12.8 Å². The van der Waals surface area contributed by atoms with Crippen molar-refractivity contribution in [3.63, 3.8) is 0 Å². The van der Waals surface area contributed by atoms with Gasteiger partial charge in [-0.25, -0.2) is 12.8 Å². The topological polar surface area (TPSA) is 63.4 Å². The van der Waals surface area contributed by atoms with Gasteiger partial charge in [-0.3, -0.25) is 0 Å². The zero-order valence-corrected chi connectivity index (χ0v) is 12.7. The third-order valence-electron chi connectivity index (χ3n) is 3.13. The van der Waals surface area contributed by atoms with Crippen LogP contribution in [-0.4, -0.2) is 19.8 Å². The highest BCUT2D eigenvalue weighted by molar-refractivity contribution is 7.89. The predicted octanol–water partition coefficient (Wildman–Crippen LogP) is 2.85. The normalized spacial score (nSPS) is 13.6. The molecule has 0 aliphatic heterocycles. The van der Waals surface area contributed by atoms with Crippen molar-refractivity contribution >= 4 is 27.0 Å². The zero-order valence-electron chi connectivity index (χ0n) is 11.1. The molecule has 0 aliphatic carbocycles. The van der Waals surface area contributed by atoms with Gasteiger partial charge in [0.1, 0.15) is 10.7 Å². The van der Waals surface area contributed by atoms with Crippen LogP contribution in [0.1, 0.15) is 17.8 Å². The molecule has 2 rings (SSSR count). The van der Waals surface area contributed by atoms with Gasteiger partial charge in [0, 0.05) is 11.9 Å². The van der Waals surface area contributed by atoms with Crippen molar-refractivity contribution in [2.24, 2.45) is 0 Å². The van der Waals surface area contributed by atoms with Crippen LogP contribution in [0, 0.1) is 5.82 Å². The first-order chi connectivity index (χ1) is 9.34. The predicted molar refractivity (Wildman–Crippen MR) is 78.5 cm³/mol. The summed E-state index contributed by atoms with van der Waals surface area (Å²) >= 11 is 1.48. The maximum atomic E-state index is 13.0. The van der Waals surface area contributed by atoms with E-state index in [9.17, 15) is 12.8 Å². The Kier molecular flexibility index (Phi) is 4.12. The molecule has 0 saturated carbocycles. The zero-order chi connectivity index (χ0) is 14.9. The van der Waals surface area contributed by atoms with Crippen LogP contribution in [0.2, 0.25) is 0 Å². The largest absolute Gasteiger partial charge is 0.398 e. The fraction of sp³-hybridized carbons (Fsp3) is 0.231. The number of anilines is 1. The van der Waals surface area contributed by atoms with E-state index in [2.05, 4.69) is 0 Å². The maximum absolute atomic E-state index is 13.0. The van der Waals surface area contributed by atoms with E-state index in [1.807, 2.05) is 17.5 Å². The summed E-state index contributed by atoms with van der Waals surface area (Å²) in [6, 6.07) is 6.71. The first-order valence-electron chi connectivity index (χ1n) is 5.90. The summed E-state index contributed by atoms with van der Waals surface area (Å²) in [6.07, 6.45) is 0. The van der Waals surface area contributed by atoms with Crippen LogP contribution in [0.3, 0.4) is 0 Å². The van der Waals surface area contributed by atoms with E-state index in [0.717, 1.165) is 17.0 Å². The van der Waals surface area contributed by atoms with Crippen LogP contribution in [0.15, 0.2) is 40.6 Å². The molecule has 0 bridgehead atoms. The van der Waals surface area contributed by atoms with Gasteiger partial charge in [0.05, 0.1) is 11.7 Å². The lowest BCUT2D eigenvalue weighted by atomic mass is 10.3. The minimum absolute atomic E-state index is 0.0789. The van der Waals surface area contributed by atoms with Crippen LogP contribution >= 0.6 is 11.3 Å². The van der Waals surface area contributed by atoms with Crippen molar-refractivity contribution in [3.8, 4) is 0 Å². The Labute approximate surface area is 121 Å². The van der Waals surface area contributed by atoms with Gasteiger partial charge in [-0.1, -0.05) is 6.07 Å². The number of halogens is 1. The molecule has 0 spiro atoms. The Hall–Kier alpha value is -1.44. The number of hydrogen-bond donors (Lipinski definition) is 1. The SMILES string of the molecule is CC(c1cccs1)N(C)S(=O)(=O)c1ccc(F)cc1N. The lowest BCUT2D eigenvalue weighted by Gasteiger charge is -2.24. The highest BCUT2D eigenvalue weighted by Gasteiger charge is 2.28. The maximum Gasteiger partial charge on any atom is 0.245 e. The molecule has 0 saturated heterocycles. The average molecular weight is 314 g/mol. The number of thiophene rings is 1. The quantitative estimate of drug-likeness (QED) is 0.883. The minimum atomic E-state index is -3.76. The van der Waals surface area contributed by atoms with E-state index in [1.54, 1.807) is 6.92 Å². The van der Waals surface area contributed by atoms with Crippen LogP contribution in [0.5, 0.6) is 0 Å². The van der Waals surface area contributed by atoms with E-state index < -0.39 is 15.8 Å². The number of nitrogen functional groups attached to an aromatic ring is 1. The molecule has 0 amide bonds. The van der Waals surface area contributed by atoms with Crippen molar-refractivity contribution in [1.29, 1.82) is 0 Å². The first kappa shape index (κ1) is 15.0. The van der Waals surface area contributed by atoms with Crippen molar-refractivity contribution < 1.29 is 12.8 Å². The van der Waals surface area contributed by atoms with Crippen molar-refractivity contribution in [3.05, 3.63) is 46.4 Å². The molecule has 2 N–H and O–H groups in total. The van der Waals surface area contributed by atoms with Gasteiger partial charge in [-0.2, -0.15) is 4.31 Å². The van der Waals surface area contributed by atoms with Crippen molar-refractivity contribution in [1.82, 2.24) is 4.31 Å². The highest BCUT2D eigenvalue weighted by Crippen LogP contribution is 2.30. The molecule has 1 unspecified atom stereocenters. The summed E-state index contributed by atoms with van der Waals surface area (Å²) in [6.45, 7) is 1.79. The molecule has 1 aromatic carbocycles. The number of benzene rings is 1. The monoisotopic (exact) mass is 314 g/mol. The second kappa shape index (κ2) is 5.51. The summed E-state index contributed by atoms with van der Waals surface area (Å²) in [7, 11) is -2.27. The van der Waals surface area contributed by atoms with Gasteiger partial charge < -0.3 is 5.73 Å². The van der Waals surface area contributed by atoms with Crippen LogP contribution in [0.4, 0.5) is 10.1 Å². The smallest absolute Gasteiger partial charge is 0.245 e. The van der Waals surface area contributed by atoms with Gasteiger partial charge in [0.25, 0.3) is 0 Å². The molecule has 7 heteroatoms. The molecule has 20 heavy (non-hydrogen) atoms. The average Bonchev–Trinajstić information content (AvgIpc) is 2.90. The van der Waals surface area contributed by atoms with Crippen LogP contribution in [0.25, 0.3) is 0 Å². The number of sulfonamides is 1. The Bertz CT molecular complexity index is 699. The van der Waals surface area contributed by atoms with E-state index >= 15 is 0 Å². The Morgan fingerprint density at radius 3 is 2.60 bits per heavy atom. The molecule has 0 radical (unpaired) electrons. The third-order valence-corrected chi connectivity index (χ3v) is 6.17. The van der Waals surface area contributed by atoms with E-state index in [-0.39, 0.29) is 16.6 Å². The second-order valence-corrected chi connectivity index (χ2v) is 7.34. The summed E-state index contributed by atoms with van der Waals surface area (Å²) < 4.78 is 39.3. The fourth-order valence-electron chi connectivity index (χ4n) is 1.83. The number of nitrogens with two attached hydrogens (primary N) is 1. The summed E-state index contributed by atoms with van der Waals surface area (Å²) in [5, 5.41) is 1.89. The molecular weight excluding hydrogens is 299 g/mol. The minimum Gasteiger partial charge on any atom is -0.398 e. The number of hydrogen-bond acceptors (Lipinski definition) is 4. The first-order valence-corrected chi connectivity index (χ1v) is 8.22. The second-order valence-electron chi connectivity index (χ2n) is 4.39. The van der Waals surface area contributed by atoms with Gasteiger partial charge in [0.2, 0.25) is 10.0 Å². The molecular formula is C13H15FN2O2S2. The fourth-order valence-corrected chi connectivity index (χ4v) is 4.16. The lowest BCUT2D eigenvalue weighted by Crippen LogP contribution is -2.30. The van der Waals surface area contributed by atoms with Crippen LogP contribution < -0.4 is 5.73 Å². The lowest BCUT2D eigenvalue weighted by molar-refractivity contribution is 0.403.